The number of amides is 1. The smallest absolute Gasteiger partial charge is 0.246 e. The van der Waals surface area contributed by atoms with Gasteiger partial charge in [0.1, 0.15) is 11.0 Å². The fourth-order valence-electron chi connectivity index (χ4n) is 6.56. The number of benzene rings is 2. The Balaban J connectivity index is 1.55. The Morgan fingerprint density at radius 3 is 2.74 bits per heavy atom. The Labute approximate surface area is 256 Å². The minimum Gasteiger partial charge on any atom is -0.351 e. The molecule has 0 bridgehead atoms. The molecule has 2 aromatic heterocycles. The van der Waals surface area contributed by atoms with E-state index in [1.807, 2.05) is 38.1 Å². The molecule has 10 heteroatoms. The van der Waals surface area contributed by atoms with E-state index in [1.165, 1.54) is 6.08 Å². The number of likely N-dealkylation sites (N-methyl/N-ethyl adjacent to an activating group) is 1. The number of aryl methyl sites for hydroxylation is 1. The molecule has 2 atom stereocenters. The summed E-state index contributed by atoms with van der Waals surface area (Å²) in [6, 6.07) is 9.92. The highest BCUT2D eigenvalue weighted by Gasteiger charge is 2.35. The van der Waals surface area contributed by atoms with Crippen molar-refractivity contribution >= 4 is 45.3 Å². The molecule has 6 rings (SSSR count). The van der Waals surface area contributed by atoms with Gasteiger partial charge in [-0.15, -0.1) is 0 Å². The molecular weight excluding hydrogens is 565 g/mol. The monoisotopic (exact) mass is 599 g/mol. The molecule has 2 aromatic carbocycles. The molecule has 2 saturated heterocycles. The normalized spacial score (nSPS) is 19.2. The topological polar surface area (TPSA) is 81.3 Å². The fraction of sp³-hybridized carbons (Fsp3) is 0.394. The minimum atomic E-state index is -0.453. The summed E-state index contributed by atoms with van der Waals surface area (Å²) in [4.78, 5) is 28.4. The van der Waals surface area contributed by atoms with Gasteiger partial charge >= 0.3 is 0 Å². The molecule has 2 aliphatic heterocycles. The zero-order valence-corrected chi connectivity index (χ0v) is 25.7. The van der Waals surface area contributed by atoms with Gasteiger partial charge in [0.05, 0.1) is 29.4 Å². The van der Waals surface area contributed by atoms with E-state index in [1.54, 1.807) is 11.2 Å². The third kappa shape index (κ3) is 4.83. The first kappa shape index (κ1) is 29.1. The summed E-state index contributed by atoms with van der Waals surface area (Å²) in [7, 11) is 4.11. The van der Waals surface area contributed by atoms with Gasteiger partial charge in [0, 0.05) is 48.7 Å². The summed E-state index contributed by atoms with van der Waals surface area (Å²) in [5.41, 5.74) is 4.84. The van der Waals surface area contributed by atoms with Gasteiger partial charge in [0.25, 0.3) is 0 Å². The van der Waals surface area contributed by atoms with E-state index in [-0.39, 0.29) is 29.9 Å². The van der Waals surface area contributed by atoms with Crippen molar-refractivity contribution in [2.75, 3.05) is 38.6 Å². The van der Waals surface area contributed by atoms with E-state index < -0.39 is 5.82 Å². The highest BCUT2D eigenvalue weighted by atomic mass is 35.5. The molecule has 0 aliphatic carbocycles. The number of hydrogen-bond acceptors (Lipinski definition) is 6. The van der Waals surface area contributed by atoms with E-state index in [4.69, 9.17) is 21.6 Å². The number of nitrogens with zero attached hydrogens (tertiary/aromatic N) is 7. The predicted molar refractivity (Wildman–Crippen MR) is 169 cm³/mol. The maximum Gasteiger partial charge on any atom is 0.246 e. The summed E-state index contributed by atoms with van der Waals surface area (Å²) in [5.74, 6) is 0.0260. The number of carbonyl (C=O) groups excluding carboxylic acids is 1. The molecule has 4 heterocycles. The lowest BCUT2D eigenvalue weighted by molar-refractivity contribution is -0.130. The zero-order valence-electron chi connectivity index (χ0n) is 24.9. The number of hydrogen-bond donors (Lipinski definition) is 0. The van der Waals surface area contributed by atoms with Crippen molar-refractivity contribution in [1.29, 1.82) is 5.26 Å². The molecule has 0 radical (unpaired) electrons. The number of halogens is 2. The van der Waals surface area contributed by atoms with Gasteiger partial charge in [-0.25, -0.2) is 14.4 Å². The molecule has 0 spiro atoms. The second-order valence-electron chi connectivity index (χ2n) is 11.9. The minimum absolute atomic E-state index is 0.0536. The first-order chi connectivity index (χ1) is 20.6. The summed E-state index contributed by atoms with van der Waals surface area (Å²) in [5, 5.41) is 10.4. The maximum absolute atomic E-state index is 16.8. The Morgan fingerprint density at radius 1 is 1.28 bits per heavy atom. The van der Waals surface area contributed by atoms with Gasteiger partial charge in [-0.3, -0.25) is 4.79 Å². The predicted octanol–water partition coefficient (Wildman–Crippen LogP) is 6.04. The lowest BCUT2D eigenvalue weighted by atomic mass is 9.94. The van der Waals surface area contributed by atoms with Gasteiger partial charge in [-0.2, -0.15) is 5.26 Å². The number of fused-ring (bicyclic) bond motifs is 3. The van der Waals surface area contributed by atoms with Crippen LogP contribution in [0.3, 0.4) is 0 Å². The molecule has 0 N–H and O–H groups in total. The van der Waals surface area contributed by atoms with Crippen molar-refractivity contribution in [2.24, 2.45) is 0 Å². The van der Waals surface area contributed by atoms with E-state index in [9.17, 15) is 10.1 Å². The number of piperidine rings is 1. The number of pyridine rings is 1. The van der Waals surface area contributed by atoms with Crippen LogP contribution in [0.2, 0.25) is 5.02 Å². The summed E-state index contributed by atoms with van der Waals surface area (Å²) >= 11 is 6.90. The second-order valence-corrected chi connectivity index (χ2v) is 12.3. The first-order valence-electron chi connectivity index (χ1n) is 14.6. The van der Waals surface area contributed by atoms with Crippen molar-refractivity contribution in [1.82, 2.24) is 24.3 Å². The quantitative estimate of drug-likeness (QED) is 0.251. The van der Waals surface area contributed by atoms with Gasteiger partial charge < -0.3 is 19.3 Å². The standard InChI is InChI=1S/C33H35ClFN7O/c1-6-27(43)41-13-11-22(14-21(41)10-12-36)42-18-37-31-32(42)25-15-26(34)28(24-9-7-8-19(2)20(24)3)29(35)30(25)38-33(31)40-16-23(17-40)39(4)5/h6-9,15,18,21-23H,1,10-11,13-14,16-17H2,2-5H3. The average Bonchev–Trinajstić information content (AvgIpc) is 3.40. The molecule has 1 amide bonds. The molecule has 2 fully saturated rings. The number of imidazole rings is 1. The summed E-state index contributed by atoms with van der Waals surface area (Å²) in [6.45, 7) is 9.62. The van der Waals surface area contributed by atoms with E-state index in [0.29, 0.717) is 52.7 Å². The number of rotatable bonds is 6. The van der Waals surface area contributed by atoms with Crippen molar-refractivity contribution in [3.63, 3.8) is 0 Å². The van der Waals surface area contributed by atoms with Crippen molar-refractivity contribution < 1.29 is 9.18 Å². The first-order valence-corrected chi connectivity index (χ1v) is 15.0. The van der Waals surface area contributed by atoms with Gasteiger partial charge in [-0.1, -0.05) is 36.4 Å². The third-order valence-corrected chi connectivity index (χ3v) is 9.60. The Hall–Kier alpha value is -4.00. The SMILES string of the molecule is C=CC(=O)N1CCC(n2cnc3c(N4CC(N(C)C)C4)nc4c(F)c(-c5cccc(C)c5C)c(Cl)cc4c32)CC1CC#N. The molecule has 222 valence electrons. The molecule has 0 saturated carbocycles. The second kappa shape index (κ2) is 11.3. The third-order valence-electron chi connectivity index (χ3n) is 9.30. The Morgan fingerprint density at radius 2 is 2.05 bits per heavy atom. The van der Waals surface area contributed by atoms with Crippen LogP contribution in [0.5, 0.6) is 0 Å². The van der Waals surface area contributed by atoms with Crippen LogP contribution in [0.1, 0.15) is 36.4 Å². The van der Waals surface area contributed by atoms with Crippen LogP contribution in [0, 0.1) is 31.0 Å². The van der Waals surface area contributed by atoms with E-state index >= 15 is 4.39 Å². The lowest BCUT2D eigenvalue weighted by Crippen LogP contribution is -2.57. The average molecular weight is 600 g/mol. The van der Waals surface area contributed by atoms with E-state index in [2.05, 4.69) is 41.1 Å². The number of likely N-dealkylation sites (tertiary alicyclic amines) is 1. The van der Waals surface area contributed by atoms with Crippen LogP contribution in [-0.4, -0.2) is 76.1 Å². The lowest BCUT2D eigenvalue weighted by Gasteiger charge is -2.43. The summed E-state index contributed by atoms with van der Waals surface area (Å²) < 4.78 is 18.8. The van der Waals surface area contributed by atoms with Crippen molar-refractivity contribution in [3.8, 4) is 17.2 Å². The fourth-order valence-corrected chi connectivity index (χ4v) is 6.85. The molecular formula is C33H35ClFN7O. The molecule has 8 nitrogen and oxygen atoms in total. The van der Waals surface area contributed by atoms with E-state index in [0.717, 1.165) is 35.3 Å². The van der Waals surface area contributed by atoms with Crippen LogP contribution in [0.15, 0.2) is 43.2 Å². The number of aromatic nitrogens is 3. The Bertz CT molecular complexity index is 1800. The molecule has 4 aromatic rings. The van der Waals surface area contributed by atoms with Crippen molar-refractivity contribution in [2.45, 2.75) is 51.2 Å². The zero-order chi connectivity index (χ0) is 30.6. The number of carbonyl (C=O) groups is 1. The van der Waals surface area contributed by atoms with Crippen LogP contribution in [-0.2, 0) is 4.79 Å². The Kier molecular flexibility index (Phi) is 7.61. The van der Waals surface area contributed by atoms with Crippen LogP contribution in [0.25, 0.3) is 33.1 Å². The summed E-state index contributed by atoms with van der Waals surface area (Å²) in [6.07, 6.45) is 4.54. The maximum atomic E-state index is 16.8. The van der Waals surface area contributed by atoms with Crippen molar-refractivity contribution in [3.05, 3.63) is 65.2 Å². The highest BCUT2D eigenvalue weighted by Crippen LogP contribution is 2.43. The van der Waals surface area contributed by atoms with Crippen LogP contribution in [0.4, 0.5) is 10.2 Å². The van der Waals surface area contributed by atoms with Crippen LogP contribution < -0.4 is 4.90 Å². The molecule has 2 aliphatic rings. The van der Waals surface area contributed by atoms with Gasteiger partial charge in [0.15, 0.2) is 11.6 Å². The highest BCUT2D eigenvalue weighted by molar-refractivity contribution is 6.35. The largest absolute Gasteiger partial charge is 0.351 e. The molecule has 43 heavy (non-hydrogen) atoms. The van der Waals surface area contributed by atoms with Gasteiger partial charge in [0.2, 0.25) is 5.91 Å². The van der Waals surface area contributed by atoms with Gasteiger partial charge in [-0.05, 0) is 69.6 Å². The van der Waals surface area contributed by atoms with Crippen LogP contribution >= 0.6 is 11.6 Å². The number of nitriles is 1. The number of anilines is 1. The molecule has 2 unspecified atom stereocenters.